The molecule has 4 heteroatoms. The van der Waals surface area contributed by atoms with Crippen molar-refractivity contribution in [2.24, 2.45) is 0 Å². The highest BCUT2D eigenvalue weighted by Gasteiger charge is 2.13. The van der Waals surface area contributed by atoms with Gasteiger partial charge in [-0.05, 0) is 25.1 Å². The Labute approximate surface area is 86.9 Å². The molecule has 0 bridgehead atoms. The van der Waals surface area contributed by atoms with Gasteiger partial charge in [0.05, 0.1) is 6.61 Å². The first kappa shape index (κ1) is 11.4. The van der Waals surface area contributed by atoms with E-state index in [-0.39, 0.29) is 11.3 Å². The van der Waals surface area contributed by atoms with Crippen LogP contribution in [0.5, 0.6) is 5.75 Å². The van der Waals surface area contributed by atoms with Gasteiger partial charge in [-0.2, -0.15) is 0 Å². The maximum atomic E-state index is 13.3. The van der Waals surface area contributed by atoms with Crippen LogP contribution < -0.4 is 4.74 Å². The number of halogens is 1. The molecule has 0 saturated carbocycles. The molecule has 0 N–H and O–H groups in total. The van der Waals surface area contributed by atoms with Gasteiger partial charge in [-0.25, -0.2) is 4.39 Å². The number of hydrogen-bond donors (Lipinski definition) is 0. The Morgan fingerprint density at radius 2 is 2.07 bits per heavy atom. The number of ketones is 2. The number of benzene rings is 1. The molecular weight excluding hydrogens is 199 g/mol. The summed E-state index contributed by atoms with van der Waals surface area (Å²) in [5.41, 5.74) is 0.0449. The molecule has 15 heavy (non-hydrogen) atoms. The second-order valence-corrected chi connectivity index (χ2v) is 2.96. The Kier molecular flexibility index (Phi) is 3.55. The van der Waals surface area contributed by atoms with Crippen molar-refractivity contribution >= 4 is 11.6 Å². The molecule has 0 atom stereocenters. The van der Waals surface area contributed by atoms with Crippen molar-refractivity contribution < 1.29 is 18.7 Å². The SMILES string of the molecule is CCOc1ccc(C(=O)C(C)=O)cc1F. The lowest BCUT2D eigenvalue weighted by Crippen LogP contribution is -2.10. The molecule has 0 heterocycles. The van der Waals surface area contributed by atoms with Gasteiger partial charge in [0.15, 0.2) is 17.3 Å². The minimum absolute atomic E-state index is 0.0449. The Morgan fingerprint density at radius 1 is 1.40 bits per heavy atom. The molecule has 0 aliphatic carbocycles. The van der Waals surface area contributed by atoms with Gasteiger partial charge in [0.1, 0.15) is 0 Å². The number of carbonyl (C=O) groups is 2. The van der Waals surface area contributed by atoms with Crippen LogP contribution in [-0.4, -0.2) is 18.2 Å². The average Bonchev–Trinajstić information content (AvgIpc) is 2.20. The third kappa shape index (κ3) is 2.62. The van der Waals surface area contributed by atoms with Crippen LogP contribution in [0.2, 0.25) is 0 Å². The maximum absolute atomic E-state index is 13.3. The van der Waals surface area contributed by atoms with E-state index in [4.69, 9.17) is 4.74 Å². The molecule has 1 rings (SSSR count). The third-order valence-corrected chi connectivity index (χ3v) is 1.81. The van der Waals surface area contributed by atoms with Gasteiger partial charge in [-0.3, -0.25) is 9.59 Å². The quantitative estimate of drug-likeness (QED) is 0.564. The van der Waals surface area contributed by atoms with E-state index in [2.05, 4.69) is 0 Å². The maximum Gasteiger partial charge on any atom is 0.228 e. The van der Waals surface area contributed by atoms with E-state index < -0.39 is 17.4 Å². The number of carbonyl (C=O) groups excluding carboxylic acids is 2. The van der Waals surface area contributed by atoms with E-state index in [9.17, 15) is 14.0 Å². The summed E-state index contributed by atoms with van der Waals surface area (Å²) in [7, 11) is 0. The molecule has 0 unspecified atom stereocenters. The van der Waals surface area contributed by atoms with E-state index in [0.717, 1.165) is 13.0 Å². The Hall–Kier alpha value is -1.71. The van der Waals surface area contributed by atoms with Gasteiger partial charge in [-0.1, -0.05) is 0 Å². The second-order valence-electron chi connectivity index (χ2n) is 2.96. The van der Waals surface area contributed by atoms with E-state index in [1.54, 1.807) is 6.92 Å². The smallest absolute Gasteiger partial charge is 0.228 e. The minimum Gasteiger partial charge on any atom is -0.491 e. The standard InChI is InChI=1S/C11H11FO3/c1-3-15-10-5-4-8(6-9(10)12)11(14)7(2)13/h4-6H,3H2,1-2H3. The topological polar surface area (TPSA) is 43.4 Å². The summed E-state index contributed by atoms with van der Waals surface area (Å²) in [6, 6.07) is 3.72. The summed E-state index contributed by atoms with van der Waals surface area (Å²) in [5.74, 6) is -1.86. The molecule has 0 amide bonds. The molecule has 1 aromatic rings. The van der Waals surface area contributed by atoms with Crippen LogP contribution in [0, 0.1) is 5.82 Å². The monoisotopic (exact) mass is 210 g/mol. The van der Waals surface area contributed by atoms with E-state index in [0.29, 0.717) is 6.61 Å². The van der Waals surface area contributed by atoms with Crippen LogP contribution in [-0.2, 0) is 4.79 Å². The molecule has 3 nitrogen and oxygen atoms in total. The van der Waals surface area contributed by atoms with E-state index in [1.807, 2.05) is 0 Å². The van der Waals surface area contributed by atoms with Crippen LogP contribution in [0.15, 0.2) is 18.2 Å². The van der Waals surface area contributed by atoms with Crippen LogP contribution in [0.4, 0.5) is 4.39 Å². The number of hydrogen-bond acceptors (Lipinski definition) is 3. The lowest BCUT2D eigenvalue weighted by atomic mass is 10.1. The molecule has 0 aliphatic heterocycles. The molecule has 1 aromatic carbocycles. The fourth-order valence-corrected chi connectivity index (χ4v) is 1.12. The van der Waals surface area contributed by atoms with E-state index in [1.165, 1.54) is 12.1 Å². The van der Waals surface area contributed by atoms with Gasteiger partial charge >= 0.3 is 0 Å². The van der Waals surface area contributed by atoms with Crippen LogP contribution in [0.25, 0.3) is 0 Å². The molecule has 0 radical (unpaired) electrons. The zero-order valence-corrected chi connectivity index (χ0v) is 8.54. The molecule has 80 valence electrons. The first-order valence-electron chi connectivity index (χ1n) is 4.54. The number of rotatable bonds is 4. The predicted octanol–water partition coefficient (Wildman–Crippen LogP) is 2.00. The van der Waals surface area contributed by atoms with Crippen molar-refractivity contribution in [2.75, 3.05) is 6.61 Å². The Balaban J connectivity index is 3.01. The van der Waals surface area contributed by atoms with Crippen molar-refractivity contribution in [1.29, 1.82) is 0 Å². The highest BCUT2D eigenvalue weighted by molar-refractivity contribution is 6.42. The highest BCUT2D eigenvalue weighted by Crippen LogP contribution is 2.18. The molecule has 0 aromatic heterocycles. The lowest BCUT2D eigenvalue weighted by molar-refractivity contribution is -0.113. The second kappa shape index (κ2) is 4.68. The summed E-state index contributed by atoms with van der Waals surface area (Å²) in [4.78, 5) is 22.0. The van der Waals surface area contributed by atoms with Crippen LogP contribution >= 0.6 is 0 Å². The van der Waals surface area contributed by atoms with Crippen molar-refractivity contribution in [3.63, 3.8) is 0 Å². The average molecular weight is 210 g/mol. The van der Waals surface area contributed by atoms with Gasteiger partial charge in [-0.15, -0.1) is 0 Å². The van der Waals surface area contributed by atoms with Gasteiger partial charge in [0, 0.05) is 12.5 Å². The van der Waals surface area contributed by atoms with Gasteiger partial charge in [0.2, 0.25) is 5.78 Å². The first-order chi connectivity index (χ1) is 7.06. The summed E-state index contributed by atoms with van der Waals surface area (Å²) in [5, 5.41) is 0. The van der Waals surface area contributed by atoms with Crippen molar-refractivity contribution in [3.8, 4) is 5.75 Å². The summed E-state index contributed by atoms with van der Waals surface area (Å²) < 4.78 is 18.2. The highest BCUT2D eigenvalue weighted by atomic mass is 19.1. The molecule has 0 spiro atoms. The largest absolute Gasteiger partial charge is 0.491 e. The van der Waals surface area contributed by atoms with E-state index >= 15 is 0 Å². The summed E-state index contributed by atoms with van der Waals surface area (Å²) in [6.07, 6.45) is 0. The number of Topliss-reactive ketones (excluding diaryl/α,β-unsaturated/α-hetero) is 2. The normalized spacial score (nSPS) is 9.80. The molecule has 0 fully saturated rings. The molecule has 0 aliphatic rings. The predicted molar refractivity (Wildman–Crippen MR) is 52.6 cm³/mol. The van der Waals surface area contributed by atoms with Gasteiger partial charge in [0.25, 0.3) is 0 Å². The van der Waals surface area contributed by atoms with Crippen molar-refractivity contribution in [1.82, 2.24) is 0 Å². The lowest BCUT2D eigenvalue weighted by Gasteiger charge is -2.05. The van der Waals surface area contributed by atoms with Crippen LogP contribution in [0.1, 0.15) is 24.2 Å². The molecule has 0 saturated heterocycles. The van der Waals surface area contributed by atoms with Crippen molar-refractivity contribution in [2.45, 2.75) is 13.8 Å². The Bertz CT molecular complexity index is 399. The van der Waals surface area contributed by atoms with Gasteiger partial charge < -0.3 is 4.74 Å². The first-order valence-corrected chi connectivity index (χ1v) is 4.54. The van der Waals surface area contributed by atoms with Crippen LogP contribution in [0.3, 0.4) is 0 Å². The zero-order chi connectivity index (χ0) is 11.4. The summed E-state index contributed by atoms with van der Waals surface area (Å²) >= 11 is 0. The number of ether oxygens (including phenoxy) is 1. The summed E-state index contributed by atoms with van der Waals surface area (Å²) in [6.45, 7) is 3.22. The fraction of sp³-hybridized carbons (Fsp3) is 0.273. The fourth-order valence-electron chi connectivity index (χ4n) is 1.12. The Morgan fingerprint density at radius 3 is 2.53 bits per heavy atom. The van der Waals surface area contributed by atoms with Crippen molar-refractivity contribution in [3.05, 3.63) is 29.6 Å². The molecular formula is C11H11FO3. The minimum atomic E-state index is -0.697. The zero-order valence-electron chi connectivity index (χ0n) is 8.54. The third-order valence-electron chi connectivity index (χ3n) is 1.81.